The second kappa shape index (κ2) is 10.2. The number of rotatable bonds is 7. The van der Waals surface area contributed by atoms with E-state index in [1.165, 1.54) is 4.90 Å². The molecule has 0 spiro atoms. The van der Waals surface area contributed by atoms with Gasteiger partial charge >= 0.3 is 12.1 Å². The third kappa shape index (κ3) is 5.58. The molecule has 1 aliphatic rings. The summed E-state index contributed by atoms with van der Waals surface area (Å²) in [4.78, 5) is 26.7. The molecule has 2 aromatic rings. The number of likely N-dealkylation sites (tertiary alicyclic amines) is 1. The van der Waals surface area contributed by atoms with Crippen molar-refractivity contribution in [1.29, 1.82) is 0 Å². The van der Waals surface area contributed by atoms with Crippen molar-refractivity contribution in [2.24, 2.45) is 0 Å². The van der Waals surface area contributed by atoms with Gasteiger partial charge in [0, 0.05) is 0 Å². The third-order valence-corrected chi connectivity index (χ3v) is 4.77. The maximum atomic E-state index is 12.8. The normalized spacial score (nSPS) is 20.9. The molecule has 1 N–H and O–H groups in total. The zero-order valence-electron chi connectivity index (χ0n) is 17.1. The molecule has 30 heavy (non-hydrogen) atoms. The molecule has 2 aromatic carbocycles. The zero-order valence-corrected chi connectivity index (χ0v) is 17.1. The first kappa shape index (κ1) is 21.8. The number of nitrogens with zero attached hydrogens (tertiary/aromatic N) is 1. The van der Waals surface area contributed by atoms with Gasteiger partial charge in [0.15, 0.2) is 6.04 Å². The molecule has 0 radical (unpaired) electrons. The number of ether oxygens (including phenoxy) is 3. The number of carbonyl (C=O) groups excluding carboxylic acids is 2. The Labute approximate surface area is 176 Å². The standard InChI is InChI=1S/C23H27NO6/c1-16(2)30-19-13-24(23(27)29-15-18-11-7-4-8-12-18)20(21(19)25)22(26)28-14-17-9-5-3-6-10-17/h3-12,16,19-21,25H,13-15H2,1-2H3/t19-,20+,21-/m1/s1. The first-order valence-corrected chi connectivity index (χ1v) is 9.97. The highest BCUT2D eigenvalue weighted by Gasteiger charge is 2.49. The van der Waals surface area contributed by atoms with Crippen LogP contribution in [0.2, 0.25) is 0 Å². The first-order chi connectivity index (χ1) is 14.5. The van der Waals surface area contributed by atoms with Crippen LogP contribution in [0.3, 0.4) is 0 Å². The van der Waals surface area contributed by atoms with Gasteiger partial charge in [0.05, 0.1) is 12.6 Å². The molecule has 160 valence electrons. The van der Waals surface area contributed by atoms with E-state index in [1.54, 1.807) is 0 Å². The summed E-state index contributed by atoms with van der Waals surface area (Å²) in [5.41, 5.74) is 1.63. The number of hydrogen-bond donors (Lipinski definition) is 1. The average molecular weight is 413 g/mol. The van der Waals surface area contributed by atoms with Gasteiger partial charge in [-0.15, -0.1) is 0 Å². The summed E-state index contributed by atoms with van der Waals surface area (Å²) in [6.07, 6.45) is -2.79. The Morgan fingerprint density at radius 2 is 1.50 bits per heavy atom. The molecular weight excluding hydrogens is 386 g/mol. The Morgan fingerprint density at radius 1 is 0.967 bits per heavy atom. The number of aliphatic hydroxyl groups is 1. The van der Waals surface area contributed by atoms with Crippen LogP contribution in [0.1, 0.15) is 25.0 Å². The Hall–Kier alpha value is -2.90. The minimum Gasteiger partial charge on any atom is -0.459 e. The molecule has 0 aromatic heterocycles. The van der Waals surface area contributed by atoms with Crippen molar-refractivity contribution >= 4 is 12.1 Å². The minimum atomic E-state index is -1.21. The monoisotopic (exact) mass is 413 g/mol. The Bertz CT molecular complexity index is 826. The smallest absolute Gasteiger partial charge is 0.411 e. The van der Waals surface area contributed by atoms with Gasteiger partial charge < -0.3 is 19.3 Å². The van der Waals surface area contributed by atoms with Crippen LogP contribution in [-0.4, -0.2) is 53.0 Å². The number of amides is 1. The fourth-order valence-electron chi connectivity index (χ4n) is 3.35. The van der Waals surface area contributed by atoms with E-state index in [-0.39, 0.29) is 25.9 Å². The summed E-state index contributed by atoms with van der Waals surface area (Å²) in [6.45, 7) is 3.80. The van der Waals surface area contributed by atoms with Gasteiger partial charge in [0.2, 0.25) is 0 Å². The van der Waals surface area contributed by atoms with Crippen LogP contribution >= 0.6 is 0 Å². The predicted molar refractivity (Wildman–Crippen MR) is 109 cm³/mol. The number of benzene rings is 2. The summed E-state index contributed by atoms with van der Waals surface area (Å²) >= 11 is 0. The molecule has 1 fully saturated rings. The van der Waals surface area contributed by atoms with Crippen LogP contribution in [0.15, 0.2) is 60.7 Å². The van der Waals surface area contributed by atoms with E-state index in [0.29, 0.717) is 0 Å². The van der Waals surface area contributed by atoms with Crippen LogP contribution in [-0.2, 0) is 32.2 Å². The van der Waals surface area contributed by atoms with Crippen LogP contribution in [0, 0.1) is 0 Å². The van der Waals surface area contributed by atoms with Crippen LogP contribution in [0.5, 0.6) is 0 Å². The van der Waals surface area contributed by atoms with E-state index < -0.39 is 30.3 Å². The maximum absolute atomic E-state index is 12.8. The molecule has 0 unspecified atom stereocenters. The SMILES string of the molecule is CC(C)O[C@@H]1CN(C(=O)OCc2ccccc2)[C@H](C(=O)OCc2ccccc2)[C@@H]1O. The van der Waals surface area contributed by atoms with Gasteiger partial charge in [-0.25, -0.2) is 9.59 Å². The van der Waals surface area contributed by atoms with E-state index in [4.69, 9.17) is 14.2 Å². The minimum absolute atomic E-state index is 0.0398. The largest absolute Gasteiger partial charge is 0.459 e. The molecule has 3 rings (SSSR count). The lowest BCUT2D eigenvalue weighted by Crippen LogP contribution is -2.46. The van der Waals surface area contributed by atoms with Crippen molar-refractivity contribution in [2.75, 3.05) is 6.54 Å². The topological polar surface area (TPSA) is 85.3 Å². The molecule has 3 atom stereocenters. The van der Waals surface area contributed by atoms with E-state index in [2.05, 4.69) is 0 Å². The summed E-state index contributed by atoms with van der Waals surface area (Å²) < 4.78 is 16.4. The van der Waals surface area contributed by atoms with Gasteiger partial charge in [0.1, 0.15) is 25.4 Å². The van der Waals surface area contributed by atoms with Crippen molar-refractivity contribution < 1.29 is 28.9 Å². The first-order valence-electron chi connectivity index (χ1n) is 9.97. The van der Waals surface area contributed by atoms with Crippen molar-refractivity contribution in [3.63, 3.8) is 0 Å². The van der Waals surface area contributed by atoms with Crippen LogP contribution in [0.25, 0.3) is 0 Å². The Kier molecular flexibility index (Phi) is 7.43. The summed E-state index contributed by atoms with van der Waals surface area (Å²) in [7, 11) is 0. The molecule has 1 amide bonds. The molecular formula is C23H27NO6. The van der Waals surface area contributed by atoms with Gasteiger partial charge in [0.25, 0.3) is 0 Å². The second-order valence-corrected chi connectivity index (χ2v) is 7.44. The van der Waals surface area contributed by atoms with E-state index in [9.17, 15) is 14.7 Å². The lowest BCUT2D eigenvalue weighted by molar-refractivity contribution is -0.154. The lowest BCUT2D eigenvalue weighted by Gasteiger charge is -2.23. The van der Waals surface area contributed by atoms with E-state index >= 15 is 0 Å². The number of esters is 1. The van der Waals surface area contributed by atoms with Gasteiger partial charge in [-0.3, -0.25) is 4.90 Å². The molecule has 1 heterocycles. The van der Waals surface area contributed by atoms with Crippen molar-refractivity contribution in [3.8, 4) is 0 Å². The van der Waals surface area contributed by atoms with Crippen molar-refractivity contribution in [3.05, 3.63) is 71.8 Å². The van der Waals surface area contributed by atoms with E-state index in [1.807, 2.05) is 74.5 Å². The van der Waals surface area contributed by atoms with Gasteiger partial charge in [-0.2, -0.15) is 0 Å². The summed E-state index contributed by atoms with van der Waals surface area (Å²) in [5, 5.41) is 10.7. The third-order valence-electron chi connectivity index (χ3n) is 4.77. The molecule has 0 bridgehead atoms. The van der Waals surface area contributed by atoms with Crippen molar-refractivity contribution in [1.82, 2.24) is 4.90 Å². The lowest BCUT2D eigenvalue weighted by atomic mass is 10.1. The van der Waals surface area contributed by atoms with Crippen LogP contribution in [0.4, 0.5) is 4.79 Å². The average Bonchev–Trinajstić information content (AvgIpc) is 3.07. The maximum Gasteiger partial charge on any atom is 0.411 e. The summed E-state index contributed by atoms with van der Waals surface area (Å²) in [5.74, 6) is -0.696. The molecule has 1 saturated heterocycles. The highest BCUT2D eigenvalue weighted by atomic mass is 16.6. The van der Waals surface area contributed by atoms with Crippen molar-refractivity contribution in [2.45, 2.75) is 51.4 Å². The van der Waals surface area contributed by atoms with Crippen LogP contribution < -0.4 is 0 Å². The summed E-state index contributed by atoms with van der Waals surface area (Å²) in [6, 6.07) is 17.2. The molecule has 0 aliphatic carbocycles. The predicted octanol–water partition coefficient (Wildman–Crippen LogP) is 2.91. The zero-order chi connectivity index (χ0) is 21.5. The molecule has 7 heteroatoms. The highest BCUT2D eigenvalue weighted by Crippen LogP contribution is 2.25. The molecule has 1 aliphatic heterocycles. The fourth-order valence-corrected chi connectivity index (χ4v) is 3.35. The quantitative estimate of drug-likeness (QED) is 0.703. The fraction of sp³-hybridized carbons (Fsp3) is 0.391. The molecule has 7 nitrogen and oxygen atoms in total. The Balaban J connectivity index is 1.68. The van der Waals surface area contributed by atoms with E-state index in [0.717, 1.165) is 11.1 Å². The number of hydrogen-bond acceptors (Lipinski definition) is 6. The Morgan fingerprint density at radius 3 is 2.03 bits per heavy atom. The molecule has 0 saturated carbocycles. The van der Waals surface area contributed by atoms with Gasteiger partial charge in [-0.05, 0) is 25.0 Å². The van der Waals surface area contributed by atoms with Gasteiger partial charge in [-0.1, -0.05) is 60.7 Å². The number of carbonyl (C=O) groups is 2. The highest BCUT2D eigenvalue weighted by molar-refractivity contribution is 5.83. The number of aliphatic hydroxyl groups excluding tert-OH is 1. The second-order valence-electron chi connectivity index (χ2n) is 7.44.